The van der Waals surface area contributed by atoms with Crippen LogP contribution < -0.4 is 0 Å². The van der Waals surface area contributed by atoms with Gasteiger partial charge in [-0.3, -0.25) is 9.59 Å². The molecule has 0 aliphatic heterocycles. The van der Waals surface area contributed by atoms with Crippen LogP contribution in [0.1, 0.15) is 59.3 Å². The van der Waals surface area contributed by atoms with Crippen LogP contribution in [0.25, 0.3) is 0 Å². The van der Waals surface area contributed by atoms with Crippen LogP contribution in [-0.2, 0) is 9.59 Å². The summed E-state index contributed by atoms with van der Waals surface area (Å²) in [4.78, 5) is 24.5. The van der Waals surface area contributed by atoms with Gasteiger partial charge in [-0.25, -0.2) is 0 Å². The Hall–Kier alpha value is -0.960. The maximum absolute atomic E-state index is 12.5. The fraction of sp³-hybridized carbons (Fsp3) is 0.800. The standard InChI is InChI=1S/C20H28O3/c1-11-8-13(21)9-12-4-5-14-15(20(11,12)3)6-7-19(2)16(14)10-17(22)18(19)23/h8,12,14-17,22H,4-7,9-10H2,1-3H3/t12-,14+,15-,16-,17-,19-,20-/m0/s1. The molecule has 3 fully saturated rings. The number of allylic oxidation sites excluding steroid dienone is 2. The van der Waals surface area contributed by atoms with Crippen molar-refractivity contribution in [3.8, 4) is 0 Å². The lowest BCUT2D eigenvalue weighted by molar-refractivity contribution is -0.139. The SMILES string of the molecule is CC1=CC(=O)C[C@@H]2CC[C@@H]3[C@H](CC[C@]4(C)C(=O)[C@@H](O)C[C@@H]34)[C@@]12C. The molecule has 3 nitrogen and oxygen atoms in total. The van der Waals surface area contributed by atoms with Crippen molar-refractivity contribution < 1.29 is 14.7 Å². The molecule has 0 unspecified atom stereocenters. The Morgan fingerprint density at radius 2 is 1.87 bits per heavy atom. The second-order valence-electron chi connectivity index (χ2n) is 9.00. The number of hydrogen-bond donors (Lipinski definition) is 1. The Balaban J connectivity index is 1.73. The lowest BCUT2D eigenvalue weighted by Gasteiger charge is -2.59. The quantitative estimate of drug-likeness (QED) is 0.746. The highest BCUT2D eigenvalue weighted by atomic mass is 16.3. The second-order valence-corrected chi connectivity index (χ2v) is 9.00. The van der Waals surface area contributed by atoms with Gasteiger partial charge in [-0.1, -0.05) is 19.4 Å². The van der Waals surface area contributed by atoms with Gasteiger partial charge in [-0.15, -0.1) is 0 Å². The van der Waals surface area contributed by atoms with Gasteiger partial charge in [-0.05, 0) is 74.2 Å². The highest BCUT2D eigenvalue weighted by Crippen LogP contribution is 2.65. The third-order valence-corrected chi connectivity index (χ3v) is 8.31. The van der Waals surface area contributed by atoms with E-state index >= 15 is 0 Å². The Morgan fingerprint density at radius 3 is 2.61 bits per heavy atom. The van der Waals surface area contributed by atoms with Crippen LogP contribution in [0.15, 0.2) is 11.6 Å². The largest absolute Gasteiger partial charge is 0.385 e. The van der Waals surface area contributed by atoms with E-state index < -0.39 is 6.10 Å². The van der Waals surface area contributed by atoms with Crippen LogP contribution in [0.3, 0.4) is 0 Å². The zero-order valence-electron chi connectivity index (χ0n) is 14.5. The molecule has 3 saturated carbocycles. The Morgan fingerprint density at radius 1 is 1.13 bits per heavy atom. The Kier molecular flexibility index (Phi) is 3.23. The smallest absolute Gasteiger partial charge is 0.167 e. The lowest BCUT2D eigenvalue weighted by Crippen LogP contribution is -2.53. The first kappa shape index (κ1) is 15.6. The molecule has 0 aromatic carbocycles. The number of ketones is 2. The summed E-state index contributed by atoms with van der Waals surface area (Å²) in [5, 5.41) is 10.2. The summed E-state index contributed by atoms with van der Waals surface area (Å²) in [5.74, 6) is 2.24. The van der Waals surface area contributed by atoms with Gasteiger partial charge in [0.15, 0.2) is 11.6 Å². The van der Waals surface area contributed by atoms with Crippen LogP contribution in [0.4, 0.5) is 0 Å². The number of rotatable bonds is 0. The first-order valence-electron chi connectivity index (χ1n) is 9.22. The third-order valence-electron chi connectivity index (χ3n) is 8.31. The number of carbonyl (C=O) groups excluding carboxylic acids is 2. The number of aliphatic hydroxyl groups excluding tert-OH is 1. The van der Waals surface area contributed by atoms with Gasteiger partial charge in [0.1, 0.15) is 6.10 Å². The molecule has 0 radical (unpaired) electrons. The van der Waals surface area contributed by atoms with Gasteiger partial charge in [0.05, 0.1) is 0 Å². The summed E-state index contributed by atoms with van der Waals surface area (Å²) in [6.07, 6.45) is 6.64. The van der Waals surface area contributed by atoms with E-state index in [-0.39, 0.29) is 22.4 Å². The Bertz CT molecular complexity index is 606. The van der Waals surface area contributed by atoms with E-state index in [2.05, 4.69) is 20.8 Å². The van der Waals surface area contributed by atoms with E-state index in [0.29, 0.717) is 36.5 Å². The molecule has 0 amide bonds. The highest BCUT2D eigenvalue weighted by molar-refractivity contribution is 5.92. The fourth-order valence-electron chi connectivity index (χ4n) is 6.85. The molecule has 0 bridgehead atoms. The molecule has 126 valence electrons. The first-order chi connectivity index (χ1) is 10.8. The molecule has 4 aliphatic rings. The summed E-state index contributed by atoms with van der Waals surface area (Å²) in [7, 11) is 0. The van der Waals surface area contributed by atoms with Crippen LogP contribution >= 0.6 is 0 Å². The summed E-state index contributed by atoms with van der Waals surface area (Å²) in [6.45, 7) is 6.59. The fourth-order valence-corrected chi connectivity index (χ4v) is 6.85. The maximum atomic E-state index is 12.5. The van der Waals surface area contributed by atoms with Gasteiger partial charge in [0.2, 0.25) is 0 Å². The first-order valence-corrected chi connectivity index (χ1v) is 9.22. The van der Waals surface area contributed by atoms with Gasteiger partial charge >= 0.3 is 0 Å². The number of aliphatic hydroxyl groups is 1. The van der Waals surface area contributed by atoms with E-state index in [4.69, 9.17) is 0 Å². The normalized spacial score (nSPS) is 52.5. The number of fused-ring (bicyclic) bond motifs is 5. The van der Waals surface area contributed by atoms with Crippen molar-refractivity contribution in [3.63, 3.8) is 0 Å². The van der Waals surface area contributed by atoms with E-state index in [0.717, 1.165) is 25.7 Å². The zero-order valence-corrected chi connectivity index (χ0v) is 14.5. The molecule has 4 aliphatic carbocycles. The van der Waals surface area contributed by atoms with Crippen molar-refractivity contribution in [1.82, 2.24) is 0 Å². The van der Waals surface area contributed by atoms with E-state index in [1.165, 1.54) is 5.57 Å². The minimum atomic E-state index is -0.751. The zero-order chi connectivity index (χ0) is 16.6. The predicted molar refractivity (Wildman–Crippen MR) is 87.7 cm³/mol. The van der Waals surface area contributed by atoms with Crippen molar-refractivity contribution in [2.75, 3.05) is 0 Å². The highest BCUT2D eigenvalue weighted by Gasteiger charge is 2.62. The molecule has 0 heterocycles. The van der Waals surface area contributed by atoms with E-state index in [1.54, 1.807) is 0 Å². The monoisotopic (exact) mass is 316 g/mol. The lowest BCUT2D eigenvalue weighted by atomic mass is 9.45. The van der Waals surface area contributed by atoms with Crippen LogP contribution in [0.2, 0.25) is 0 Å². The van der Waals surface area contributed by atoms with Crippen LogP contribution in [0.5, 0.6) is 0 Å². The van der Waals surface area contributed by atoms with Gasteiger partial charge in [0, 0.05) is 11.8 Å². The summed E-state index contributed by atoms with van der Waals surface area (Å²) < 4.78 is 0. The average Bonchev–Trinajstić information content (AvgIpc) is 2.73. The molecule has 1 N–H and O–H groups in total. The molecule has 4 rings (SSSR count). The topological polar surface area (TPSA) is 54.4 Å². The van der Waals surface area contributed by atoms with Gasteiger partial charge in [0.25, 0.3) is 0 Å². The maximum Gasteiger partial charge on any atom is 0.167 e. The average molecular weight is 316 g/mol. The predicted octanol–water partition coefficient (Wildman–Crippen LogP) is 3.30. The molecule has 23 heavy (non-hydrogen) atoms. The Labute approximate surface area is 138 Å². The van der Waals surface area contributed by atoms with Crippen molar-refractivity contribution >= 4 is 11.6 Å². The third kappa shape index (κ3) is 1.86. The van der Waals surface area contributed by atoms with Crippen LogP contribution in [0, 0.1) is 34.5 Å². The molecule has 0 saturated heterocycles. The number of hydrogen-bond acceptors (Lipinski definition) is 3. The van der Waals surface area contributed by atoms with Crippen molar-refractivity contribution in [3.05, 3.63) is 11.6 Å². The van der Waals surface area contributed by atoms with Gasteiger partial charge in [-0.2, -0.15) is 0 Å². The molecular weight excluding hydrogens is 288 g/mol. The van der Waals surface area contributed by atoms with Crippen LogP contribution in [-0.4, -0.2) is 22.8 Å². The summed E-state index contributed by atoms with van der Waals surface area (Å²) in [5.41, 5.74) is 1.04. The number of carbonyl (C=O) groups is 2. The van der Waals surface area contributed by atoms with Crippen molar-refractivity contribution in [1.29, 1.82) is 0 Å². The van der Waals surface area contributed by atoms with Crippen molar-refractivity contribution in [2.24, 2.45) is 34.5 Å². The summed E-state index contributed by atoms with van der Waals surface area (Å²) in [6, 6.07) is 0. The minimum Gasteiger partial charge on any atom is -0.385 e. The second kappa shape index (κ2) is 4.78. The summed E-state index contributed by atoms with van der Waals surface area (Å²) >= 11 is 0. The molecule has 7 atom stereocenters. The number of Topliss-reactive ketones (excluding diaryl/α,β-unsaturated/α-hetero) is 1. The molecular formula is C20H28O3. The van der Waals surface area contributed by atoms with Crippen molar-refractivity contribution in [2.45, 2.75) is 65.4 Å². The van der Waals surface area contributed by atoms with E-state index in [9.17, 15) is 14.7 Å². The molecule has 3 heteroatoms. The van der Waals surface area contributed by atoms with E-state index in [1.807, 2.05) is 6.08 Å². The van der Waals surface area contributed by atoms with Gasteiger partial charge < -0.3 is 5.11 Å². The molecule has 0 spiro atoms. The minimum absolute atomic E-state index is 0.0827. The molecule has 0 aromatic rings. The molecule has 0 aromatic heterocycles.